The lowest BCUT2D eigenvalue weighted by Gasteiger charge is -2.70. The highest BCUT2D eigenvalue weighted by molar-refractivity contribution is 7.92. The smallest absolute Gasteiger partial charge is 0.340 e. The molecule has 6 aliphatic rings. The van der Waals surface area contributed by atoms with E-state index in [-0.39, 0.29) is 57.2 Å². The van der Waals surface area contributed by atoms with Crippen LogP contribution in [0.25, 0.3) is 0 Å². The average Bonchev–Trinajstić information content (AvgIpc) is 3.51. The topological polar surface area (TPSA) is 144 Å². The summed E-state index contributed by atoms with van der Waals surface area (Å²) in [5.41, 5.74) is -4.46. The quantitative estimate of drug-likeness (QED) is 0.329. The Kier molecular flexibility index (Phi) is 7.84. The molecule has 1 unspecified atom stereocenters. The van der Waals surface area contributed by atoms with Crippen LogP contribution in [0.3, 0.4) is 0 Å². The van der Waals surface area contributed by atoms with Crippen LogP contribution in [0.5, 0.6) is 0 Å². The Bertz CT molecular complexity index is 1780. The molecule has 8 rings (SSSR count). The molecule has 1 heterocycles. The first-order valence-electron chi connectivity index (χ1n) is 17.2. The van der Waals surface area contributed by atoms with Crippen LogP contribution < -0.4 is 4.72 Å². The molecule has 13 heteroatoms. The number of rotatable bonds is 9. The Labute approximate surface area is 292 Å². The Morgan fingerprint density at radius 3 is 2.51 bits per heavy atom. The van der Waals surface area contributed by atoms with E-state index in [0.29, 0.717) is 45.2 Å². The third kappa shape index (κ3) is 4.23. The average molecular weight is 717 g/mol. The second-order valence-electron chi connectivity index (χ2n) is 15.1. The number of carbonyl (C=O) groups excluding carboxylic acids is 1. The normalized spacial score (nSPS) is 43.3. The predicted molar refractivity (Wildman–Crippen MR) is 180 cm³/mol. The number of hydrogen-bond acceptors (Lipinski definition) is 10. The molecule has 0 amide bonds. The van der Waals surface area contributed by atoms with Gasteiger partial charge in [-0.2, -0.15) is 0 Å². The number of para-hydroxylation sites is 1. The Balaban J connectivity index is 1.21. The zero-order valence-corrected chi connectivity index (χ0v) is 29.7. The van der Waals surface area contributed by atoms with Gasteiger partial charge in [0, 0.05) is 74.4 Å². The lowest BCUT2D eigenvalue weighted by molar-refractivity contribution is -0.337. The molecule has 2 aromatic carbocycles. The van der Waals surface area contributed by atoms with Gasteiger partial charge in [-0.15, -0.1) is 0 Å². The van der Waals surface area contributed by atoms with Gasteiger partial charge in [-0.3, -0.25) is 9.62 Å². The van der Waals surface area contributed by atoms with Crippen molar-refractivity contribution in [1.82, 2.24) is 4.90 Å². The van der Waals surface area contributed by atoms with Gasteiger partial charge in [-0.1, -0.05) is 36.7 Å². The van der Waals surface area contributed by atoms with Gasteiger partial charge in [-0.05, 0) is 62.6 Å². The van der Waals surface area contributed by atoms with Crippen LogP contribution in [0, 0.1) is 29.1 Å². The Hall–Kier alpha value is -2.29. The minimum Gasteiger partial charge on any atom is -0.454 e. The number of ether oxygens (including phenoxy) is 4. The molecule has 266 valence electrons. The van der Waals surface area contributed by atoms with E-state index in [1.807, 2.05) is 0 Å². The van der Waals surface area contributed by atoms with E-state index < -0.39 is 50.2 Å². The first kappa shape index (κ1) is 33.8. The molecule has 49 heavy (non-hydrogen) atoms. The van der Waals surface area contributed by atoms with Crippen LogP contribution in [-0.2, 0) is 29.0 Å². The molecule has 1 saturated heterocycles. The summed E-state index contributed by atoms with van der Waals surface area (Å²) >= 11 is 6.08. The van der Waals surface area contributed by atoms with Crippen molar-refractivity contribution in [2.24, 2.45) is 29.1 Å². The standard InChI is InChI=1S/C36H45ClN2O9S/c1-5-39-19-33(48-32(40)22-11-6-7-12-25(22)38-49(43,44)21-10-8-9-20(37)15-21)14-13-29(46-3)35-27(33)17-24(30(35)39)34(41)18-26(45-2)23-16-28(35)36(34,42)31(23)47-4/h6-12,15,23-24,26-31,38,41-42H,5,13-14,16-19H2,1-4H3/t23-,24+,26+,27-,28+,29+,30?,31+,33-,34+,35+,36+/m1/s1. The maximum Gasteiger partial charge on any atom is 0.340 e. The monoisotopic (exact) mass is 716 g/mol. The number of benzene rings is 2. The third-order valence-corrected chi connectivity index (χ3v) is 15.3. The van der Waals surface area contributed by atoms with Gasteiger partial charge < -0.3 is 29.2 Å². The number of methoxy groups -OCH3 is 3. The summed E-state index contributed by atoms with van der Waals surface area (Å²) in [5, 5.41) is 26.1. The number of nitrogens with zero attached hydrogens (tertiary/aromatic N) is 1. The van der Waals surface area contributed by atoms with E-state index in [4.69, 9.17) is 30.5 Å². The van der Waals surface area contributed by atoms with Gasteiger partial charge >= 0.3 is 5.97 Å². The maximum absolute atomic E-state index is 14.4. The fraction of sp³-hybridized carbons (Fsp3) is 0.639. The van der Waals surface area contributed by atoms with Crippen molar-refractivity contribution in [1.29, 1.82) is 0 Å². The summed E-state index contributed by atoms with van der Waals surface area (Å²) < 4.78 is 54.5. The molecule has 5 saturated carbocycles. The molecule has 6 fully saturated rings. The molecule has 7 bridgehead atoms. The molecule has 2 aromatic rings. The zero-order chi connectivity index (χ0) is 34.7. The van der Waals surface area contributed by atoms with Crippen LogP contribution >= 0.6 is 11.6 Å². The molecule has 11 nitrogen and oxygen atoms in total. The third-order valence-electron chi connectivity index (χ3n) is 13.7. The summed E-state index contributed by atoms with van der Waals surface area (Å²) in [5.74, 6) is -1.73. The first-order chi connectivity index (χ1) is 23.4. The fourth-order valence-electron chi connectivity index (χ4n) is 12.2. The minimum atomic E-state index is -4.08. The highest BCUT2D eigenvalue weighted by atomic mass is 35.5. The number of carbonyl (C=O) groups is 1. The number of halogens is 1. The summed E-state index contributed by atoms with van der Waals surface area (Å²) in [6.45, 7) is 3.19. The van der Waals surface area contributed by atoms with E-state index >= 15 is 0 Å². The second kappa shape index (κ2) is 11.4. The number of likely N-dealkylation sites (tertiary alicyclic amines) is 1. The number of aliphatic hydroxyl groups is 2. The van der Waals surface area contributed by atoms with E-state index in [2.05, 4.69) is 16.5 Å². The number of anilines is 1. The SMILES string of the molecule is CCN1C[C@]2(OC(=O)c3ccccc3NS(=O)(=O)c3cccc(Cl)c3)CC[C@H](OC)[C@]34C1[C@H](C[C@H]23)[C@@]1(O)C[C@H](OC)[C@H]2C[C@@H]4[C@]1(O)[C@H]2OC. The van der Waals surface area contributed by atoms with Crippen molar-refractivity contribution in [2.45, 2.75) is 85.1 Å². The van der Waals surface area contributed by atoms with Crippen molar-refractivity contribution in [3.63, 3.8) is 0 Å². The van der Waals surface area contributed by atoms with Gasteiger partial charge in [0.2, 0.25) is 0 Å². The number of hydrogen-bond donors (Lipinski definition) is 3. The summed E-state index contributed by atoms with van der Waals surface area (Å²) in [6, 6.07) is 12.2. The highest BCUT2D eigenvalue weighted by Crippen LogP contribution is 2.79. The van der Waals surface area contributed by atoms with Gasteiger partial charge in [-0.25, -0.2) is 13.2 Å². The zero-order valence-electron chi connectivity index (χ0n) is 28.2. The largest absolute Gasteiger partial charge is 0.454 e. The van der Waals surface area contributed by atoms with Gasteiger partial charge in [0.15, 0.2) is 0 Å². The number of nitrogens with one attached hydrogen (secondary N) is 1. The molecule has 12 atom stereocenters. The first-order valence-corrected chi connectivity index (χ1v) is 19.1. The minimum absolute atomic E-state index is 0.0295. The van der Waals surface area contributed by atoms with Crippen molar-refractivity contribution < 1.29 is 42.4 Å². The van der Waals surface area contributed by atoms with E-state index in [9.17, 15) is 23.4 Å². The molecule has 1 spiro atoms. The summed E-state index contributed by atoms with van der Waals surface area (Å²) in [6.07, 6.45) is 1.41. The van der Waals surface area contributed by atoms with E-state index in [0.717, 1.165) is 0 Å². The van der Waals surface area contributed by atoms with E-state index in [1.165, 1.54) is 12.1 Å². The number of fused-ring (bicyclic) bond motifs is 2. The number of likely N-dealkylation sites (N-methyl/N-ethyl adjacent to an activating group) is 1. The molecule has 5 aliphatic carbocycles. The Morgan fingerprint density at radius 1 is 1.04 bits per heavy atom. The van der Waals surface area contributed by atoms with Crippen molar-refractivity contribution in [3.05, 3.63) is 59.1 Å². The van der Waals surface area contributed by atoms with Crippen LogP contribution in [0.1, 0.15) is 49.4 Å². The summed E-state index contributed by atoms with van der Waals surface area (Å²) in [4.78, 5) is 16.7. The maximum atomic E-state index is 14.4. The van der Waals surface area contributed by atoms with Crippen molar-refractivity contribution in [2.75, 3.05) is 39.1 Å². The molecule has 0 radical (unpaired) electrons. The van der Waals surface area contributed by atoms with Gasteiger partial charge in [0.05, 0.1) is 34.5 Å². The second-order valence-corrected chi connectivity index (χ2v) is 17.2. The highest BCUT2D eigenvalue weighted by Gasteiger charge is 2.89. The van der Waals surface area contributed by atoms with Gasteiger partial charge in [0.1, 0.15) is 16.8 Å². The number of sulfonamides is 1. The Morgan fingerprint density at radius 2 is 1.82 bits per heavy atom. The van der Waals surface area contributed by atoms with Crippen LogP contribution in [0.2, 0.25) is 5.02 Å². The molecular formula is C36H45ClN2O9S. The van der Waals surface area contributed by atoms with Crippen molar-refractivity contribution >= 4 is 33.3 Å². The van der Waals surface area contributed by atoms with Crippen LogP contribution in [-0.4, -0.2) is 105 Å². The lowest BCUT2D eigenvalue weighted by atomic mass is 9.44. The van der Waals surface area contributed by atoms with Crippen molar-refractivity contribution in [3.8, 4) is 0 Å². The van der Waals surface area contributed by atoms with Crippen LogP contribution in [0.15, 0.2) is 53.4 Å². The fourth-order valence-corrected chi connectivity index (χ4v) is 13.6. The van der Waals surface area contributed by atoms with Crippen LogP contribution in [0.4, 0.5) is 5.69 Å². The molecular weight excluding hydrogens is 672 g/mol. The lowest BCUT2D eigenvalue weighted by Crippen LogP contribution is -2.83. The summed E-state index contributed by atoms with van der Waals surface area (Å²) in [7, 11) is 0.907. The predicted octanol–water partition coefficient (Wildman–Crippen LogP) is 3.72. The van der Waals surface area contributed by atoms with Gasteiger partial charge in [0.25, 0.3) is 10.0 Å². The number of esters is 1. The van der Waals surface area contributed by atoms with E-state index in [1.54, 1.807) is 57.7 Å². The molecule has 0 aromatic heterocycles. The molecule has 3 N–H and O–H groups in total. The number of piperidine rings is 1. The molecule has 1 aliphatic heterocycles.